The smallest absolute Gasteiger partial charge is 0.504 e. The first-order chi connectivity index (χ1) is 57.1. The Kier molecular flexibility index (Phi) is 42.9. The molecule has 126 heavy (non-hydrogen) atoms. The molecule has 42 heteroatoms. The first kappa shape index (κ1) is 112. The van der Waals surface area contributed by atoms with Crippen molar-refractivity contribution in [2.75, 3.05) is 0 Å². The third-order valence-corrected chi connectivity index (χ3v) is 17.3. The predicted molar refractivity (Wildman–Crippen MR) is 397 cm³/mol. The average molecular weight is 2080 g/mol. The number of pyridine rings is 2. The van der Waals surface area contributed by atoms with Gasteiger partial charge in [-0.25, -0.2) is 0 Å². The summed E-state index contributed by atoms with van der Waals surface area (Å²) in [6, 6.07) is 50.4. The molecule has 0 saturated carbocycles. The fourth-order valence-electron chi connectivity index (χ4n) is 9.01. The summed E-state index contributed by atoms with van der Waals surface area (Å²) in [4.78, 5) is 99.1. The maximum absolute atomic E-state index is 12.3. The minimum atomic E-state index is -5.00. The number of hydrogen-bond acceptors (Lipinski definition) is 18. The molecule has 0 radical (unpaired) electrons. The van der Waals surface area contributed by atoms with Crippen LogP contribution in [0.2, 0.25) is 0 Å². The van der Waals surface area contributed by atoms with Gasteiger partial charge >= 0.3 is 48.7 Å². The number of hydroxylamine groups is 2. The van der Waals surface area contributed by atoms with Crippen LogP contribution < -0.4 is 30.6 Å². The fourth-order valence-corrected chi connectivity index (χ4v) is 9.01. The molecule has 0 amide bonds. The molecule has 2 aliphatic rings. The molecule has 0 spiro atoms. The molecule has 0 atom stereocenters. The van der Waals surface area contributed by atoms with E-state index in [0.717, 1.165) is 19.0 Å². The number of halogens is 18. The van der Waals surface area contributed by atoms with E-state index in [1.54, 1.807) is 141 Å². The number of aromatic nitrogens is 2. The van der Waals surface area contributed by atoms with Crippen LogP contribution in [-0.4, -0.2) is 135 Å². The number of allylic oxidation sites excluding steroid dienone is 12. The zero-order chi connectivity index (χ0) is 94.5. The number of nitroso groups, excluding NO2 is 2. The Morgan fingerprint density at radius 3 is 0.508 bits per heavy atom. The number of amidine groups is 2. The zero-order valence-corrected chi connectivity index (χ0v) is 70.1. The molecule has 8 aromatic rings. The van der Waals surface area contributed by atoms with E-state index in [1.165, 1.54) is 146 Å². The number of carbonyl (C=O) groups is 6. The maximum Gasteiger partial charge on any atom is 0.504 e. The van der Waals surface area contributed by atoms with Crippen LogP contribution in [0.1, 0.15) is 129 Å². The van der Waals surface area contributed by atoms with Gasteiger partial charge < -0.3 is 41.1 Å². The molecule has 6 aromatic carbocycles. The minimum Gasteiger partial charge on any atom is -0.869 e. The Morgan fingerprint density at radius 2 is 0.397 bits per heavy atom. The van der Waals surface area contributed by atoms with Crippen molar-refractivity contribution in [2.45, 2.75) is 115 Å². The minimum absolute atomic E-state index is 0. The van der Waals surface area contributed by atoms with Crippen molar-refractivity contribution in [1.82, 2.24) is 9.97 Å². The van der Waals surface area contributed by atoms with Gasteiger partial charge in [0.05, 0.1) is 0 Å². The normalized spacial score (nSPS) is 14.9. The Morgan fingerprint density at radius 1 is 0.262 bits per heavy atom. The van der Waals surface area contributed by atoms with Gasteiger partial charge in [0.15, 0.2) is 34.7 Å². The van der Waals surface area contributed by atoms with Crippen molar-refractivity contribution < 1.29 is 234 Å². The van der Waals surface area contributed by atoms with Crippen LogP contribution in [0, 0.1) is 96.6 Å². The third kappa shape index (κ3) is 34.0. The molecule has 680 valence electrons. The van der Waals surface area contributed by atoms with Gasteiger partial charge in [-0.1, -0.05) is 182 Å². The fraction of sp³-hybridized carbons (Fsp3) is 0.214. The summed E-state index contributed by atoms with van der Waals surface area (Å²) in [5.41, 5.74) is -1.57. The predicted octanol–water partition coefficient (Wildman–Crippen LogP) is 13.4. The molecule has 0 aliphatic carbocycles. The van der Waals surface area contributed by atoms with E-state index in [4.69, 9.17) is 0 Å². The van der Waals surface area contributed by atoms with Gasteiger partial charge in [-0.3, -0.25) is 38.7 Å². The van der Waals surface area contributed by atoms with Gasteiger partial charge in [0, 0.05) is 200 Å². The van der Waals surface area contributed by atoms with Crippen molar-refractivity contribution in [2.24, 2.45) is 0 Å². The molecule has 22 nitrogen and oxygen atoms in total. The topological polar surface area (TPSA) is 359 Å². The average Bonchev–Trinajstić information content (AvgIpc) is 1.58. The van der Waals surface area contributed by atoms with Crippen molar-refractivity contribution in [3.63, 3.8) is 0 Å². The van der Waals surface area contributed by atoms with E-state index in [2.05, 4.69) is 9.97 Å². The van der Waals surface area contributed by atoms with Crippen LogP contribution in [0.15, 0.2) is 302 Å². The Hall–Kier alpha value is -11.7. The maximum atomic E-state index is 12.3. The SMILES string of the molecule is CC1(C)[N+](=O)C(c2ccncc2)=[N+]([O-])C1(C)C.CC1(C)[N+](=O)C(c2ccncc2)=[N+]([O-])C1(C)C.O=C(/C=C(\[O-])C(F)(F)F)c1ccccc1.O=C(/C=C(\[O-])C(F)(F)F)c1ccccc1.O=C(/C=C(\[O-])C(F)(F)F)c1ccccc1.O=C(/C=C(\[O-])C(F)(F)F)c1ccccc1.O=C(/C=C(\[O-])C(F)(F)F)c1ccccc1.O=C(/C=C(\[O-])C(F)(F)F)c1ccccc1.[Dy].[Dy]. The van der Waals surface area contributed by atoms with Crippen molar-refractivity contribution >= 4 is 46.4 Å². The number of nitrogens with zero attached hydrogens (tertiary/aromatic N) is 6. The largest absolute Gasteiger partial charge is 0.869 e. The van der Waals surface area contributed by atoms with E-state index < -0.39 is 128 Å². The van der Waals surface area contributed by atoms with Gasteiger partial charge in [0.1, 0.15) is 20.6 Å². The van der Waals surface area contributed by atoms with Crippen molar-refractivity contribution in [3.8, 4) is 0 Å². The quantitative estimate of drug-likeness (QED) is 0.0244. The molecule has 0 N–H and O–H groups in total. The number of alkyl halides is 18. The van der Waals surface area contributed by atoms with E-state index in [9.17, 15) is 159 Å². The molecule has 0 unspecified atom stereocenters. The van der Waals surface area contributed by atoms with Gasteiger partial charge in [-0.2, -0.15) is 79.0 Å². The van der Waals surface area contributed by atoms with Gasteiger partial charge in [0.2, 0.25) is 11.1 Å². The summed E-state index contributed by atoms with van der Waals surface area (Å²) in [6.07, 6.45) is -23.4. The van der Waals surface area contributed by atoms with Crippen LogP contribution in [0.4, 0.5) is 79.0 Å². The van der Waals surface area contributed by atoms with Gasteiger partial charge in [-0.05, 0) is 95.3 Å². The first-order valence-corrected chi connectivity index (χ1v) is 34.8. The van der Waals surface area contributed by atoms with Crippen LogP contribution in [0.3, 0.4) is 0 Å². The summed E-state index contributed by atoms with van der Waals surface area (Å²) < 4.78 is 215. The third-order valence-electron chi connectivity index (χ3n) is 17.3. The summed E-state index contributed by atoms with van der Waals surface area (Å²) in [5, 5.41) is 87.2. The Balaban J connectivity index is 0.000000719. The molecule has 2 aliphatic heterocycles. The van der Waals surface area contributed by atoms with Crippen molar-refractivity contribution in [3.05, 3.63) is 367 Å². The van der Waals surface area contributed by atoms with Crippen LogP contribution in [-0.2, 0) is 0 Å². The first-order valence-electron chi connectivity index (χ1n) is 34.8. The number of ketones is 6. The second-order valence-electron chi connectivity index (χ2n) is 27.0. The van der Waals surface area contributed by atoms with E-state index in [-0.39, 0.29) is 158 Å². The van der Waals surface area contributed by atoms with E-state index >= 15 is 0 Å². The number of rotatable bonds is 14. The van der Waals surface area contributed by atoms with Gasteiger partial charge in [-0.15, -0.1) is 9.48 Å². The van der Waals surface area contributed by atoms with Crippen LogP contribution in [0.5, 0.6) is 0 Å². The molecule has 2 aromatic heterocycles. The monoisotopic (exact) mass is 2090 g/mol. The van der Waals surface area contributed by atoms with Gasteiger partial charge in [0.25, 0.3) is 11.1 Å². The number of benzene rings is 6. The Bertz CT molecular complexity index is 4590. The number of carbonyl (C=O) groups excluding carboxylic acids is 6. The summed E-state index contributed by atoms with van der Waals surface area (Å²) >= 11 is 0. The molecular weight excluding hydrogens is 2020 g/mol. The van der Waals surface area contributed by atoms with E-state index in [0.29, 0.717) is 11.1 Å². The second kappa shape index (κ2) is 48.1. The molecule has 0 fully saturated rings. The standard InChI is InChI=1S/2C12H16N3O2.6C10H7F3O2.2Dy/c2*1-11(2)12(3,4)15(17)10(14(11)16)9-5-7-13-8-6-9;6*11-10(12,13)9(15)6-8(14)7-4-2-1-3-5-7;;/h2*5-8H,1-4H3;6*1-6,15H;;/q2*+1;;;;;;;;/p-6/b;;6*9-6-;;. The number of hydrogen-bond donors (Lipinski definition) is 0. The molecule has 0 saturated heterocycles. The van der Waals surface area contributed by atoms with Crippen LogP contribution in [0.25, 0.3) is 0 Å². The van der Waals surface area contributed by atoms with Crippen LogP contribution >= 0.6 is 0 Å². The Labute approximate surface area is 765 Å². The zero-order valence-electron chi connectivity index (χ0n) is 66.1. The molecule has 4 heterocycles. The summed E-state index contributed by atoms with van der Waals surface area (Å²) in [6.45, 7) is 14.2. The molecule has 10 rings (SSSR count). The molecular formula is C84H68Dy2F18N6O16-4. The molecule has 0 bridgehead atoms. The summed E-state index contributed by atoms with van der Waals surface area (Å²) in [5.74, 6) is -18.2. The van der Waals surface area contributed by atoms with E-state index in [1.807, 2.05) is 0 Å². The second-order valence-corrected chi connectivity index (χ2v) is 27.0. The van der Waals surface area contributed by atoms with Crippen molar-refractivity contribution in [1.29, 1.82) is 0 Å². The summed E-state index contributed by atoms with van der Waals surface area (Å²) in [7, 11) is 0.